The van der Waals surface area contributed by atoms with Crippen LogP contribution in [0.5, 0.6) is 0 Å². The average molecular weight is 303 g/mol. The van der Waals surface area contributed by atoms with E-state index >= 15 is 0 Å². The van der Waals surface area contributed by atoms with E-state index in [2.05, 4.69) is 29.4 Å². The van der Waals surface area contributed by atoms with Gasteiger partial charge in [-0.25, -0.2) is 0 Å². The summed E-state index contributed by atoms with van der Waals surface area (Å²) < 4.78 is 0. The zero-order valence-corrected chi connectivity index (χ0v) is 13.8. The van der Waals surface area contributed by atoms with Crippen molar-refractivity contribution in [3.63, 3.8) is 0 Å². The summed E-state index contributed by atoms with van der Waals surface area (Å²) in [6, 6.07) is 10.7. The Morgan fingerprint density at radius 2 is 1.91 bits per heavy atom. The molecule has 0 aliphatic carbocycles. The molecule has 0 radical (unpaired) electrons. The second-order valence-corrected chi connectivity index (χ2v) is 6.14. The first-order valence-electron chi connectivity index (χ1n) is 8.51. The smallest absolute Gasteiger partial charge is 0.251 e. The van der Waals surface area contributed by atoms with Crippen molar-refractivity contribution in [1.82, 2.24) is 15.5 Å². The minimum Gasteiger partial charge on any atom is -0.351 e. The normalized spacial score (nSPS) is 18.1. The number of carbonyl (C=O) groups is 1. The van der Waals surface area contributed by atoms with Crippen LogP contribution in [-0.2, 0) is 0 Å². The molecule has 1 fully saturated rings. The maximum atomic E-state index is 11.9. The van der Waals surface area contributed by atoms with Gasteiger partial charge >= 0.3 is 0 Å². The maximum absolute atomic E-state index is 11.9. The second kappa shape index (κ2) is 8.91. The highest BCUT2D eigenvalue weighted by Crippen LogP contribution is 2.14. The first-order valence-corrected chi connectivity index (χ1v) is 8.51. The summed E-state index contributed by atoms with van der Waals surface area (Å²) in [6.07, 6.45) is 3.64. The largest absolute Gasteiger partial charge is 0.351 e. The van der Waals surface area contributed by atoms with Gasteiger partial charge in [-0.15, -0.1) is 0 Å². The fourth-order valence-electron chi connectivity index (χ4n) is 2.95. The van der Waals surface area contributed by atoms with Crippen molar-refractivity contribution in [2.24, 2.45) is 0 Å². The third-order valence-electron chi connectivity index (χ3n) is 4.62. The Morgan fingerprint density at radius 1 is 1.23 bits per heavy atom. The van der Waals surface area contributed by atoms with Gasteiger partial charge in [-0.05, 0) is 51.4 Å². The lowest BCUT2D eigenvalue weighted by Gasteiger charge is -2.36. The van der Waals surface area contributed by atoms with Crippen molar-refractivity contribution >= 4 is 5.91 Å². The molecule has 1 aromatic carbocycles. The summed E-state index contributed by atoms with van der Waals surface area (Å²) in [4.78, 5) is 14.5. The van der Waals surface area contributed by atoms with Gasteiger partial charge in [-0.3, -0.25) is 4.79 Å². The molecule has 122 valence electrons. The Labute approximate surface area is 134 Å². The number of piperidine rings is 1. The van der Waals surface area contributed by atoms with Crippen LogP contribution in [0.3, 0.4) is 0 Å². The van der Waals surface area contributed by atoms with Gasteiger partial charge in [-0.1, -0.05) is 25.1 Å². The molecule has 1 aliphatic rings. The molecule has 22 heavy (non-hydrogen) atoms. The minimum absolute atomic E-state index is 0.00832. The van der Waals surface area contributed by atoms with Gasteiger partial charge in [0.1, 0.15) is 0 Å². The lowest BCUT2D eigenvalue weighted by molar-refractivity contribution is 0.0952. The van der Waals surface area contributed by atoms with Crippen LogP contribution in [0.25, 0.3) is 0 Å². The van der Waals surface area contributed by atoms with Crippen LogP contribution < -0.4 is 10.6 Å². The van der Waals surface area contributed by atoms with Crippen LogP contribution >= 0.6 is 0 Å². The van der Waals surface area contributed by atoms with E-state index in [1.54, 1.807) is 0 Å². The number of carbonyl (C=O) groups excluding carboxylic acids is 1. The summed E-state index contributed by atoms with van der Waals surface area (Å²) in [5.74, 6) is 0.00832. The Kier molecular flexibility index (Phi) is 6.87. The van der Waals surface area contributed by atoms with Crippen LogP contribution in [0.4, 0.5) is 0 Å². The van der Waals surface area contributed by atoms with Crippen molar-refractivity contribution < 1.29 is 4.79 Å². The molecule has 1 aromatic rings. The topological polar surface area (TPSA) is 44.4 Å². The third kappa shape index (κ3) is 5.11. The molecule has 0 aromatic heterocycles. The Hall–Kier alpha value is -1.39. The number of hydrogen-bond donors (Lipinski definition) is 2. The fraction of sp³-hybridized carbons (Fsp3) is 0.611. The second-order valence-electron chi connectivity index (χ2n) is 6.14. The lowest BCUT2D eigenvalue weighted by Crippen LogP contribution is -2.47. The minimum atomic E-state index is 0.00832. The summed E-state index contributed by atoms with van der Waals surface area (Å²) in [5, 5.41) is 6.53. The molecule has 4 nitrogen and oxygen atoms in total. The van der Waals surface area contributed by atoms with Crippen LogP contribution in [0.2, 0.25) is 0 Å². The Bertz CT molecular complexity index is 441. The predicted octanol–water partition coefficient (Wildman–Crippen LogP) is 2.27. The fourth-order valence-corrected chi connectivity index (χ4v) is 2.95. The molecular formula is C18H29N3O. The van der Waals surface area contributed by atoms with E-state index in [-0.39, 0.29) is 5.91 Å². The van der Waals surface area contributed by atoms with Crippen molar-refractivity contribution in [2.75, 3.05) is 26.2 Å². The molecule has 1 atom stereocenters. The van der Waals surface area contributed by atoms with Crippen LogP contribution in [0.1, 0.15) is 43.5 Å². The van der Waals surface area contributed by atoms with Gasteiger partial charge < -0.3 is 15.5 Å². The SMILES string of the molecule is CCC(C)N1CCC(NCCNC(=O)c2ccccc2)CC1. The van der Waals surface area contributed by atoms with E-state index < -0.39 is 0 Å². The Balaban J connectivity index is 1.59. The summed E-state index contributed by atoms with van der Waals surface area (Å²) in [6.45, 7) is 8.45. The number of benzene rings is 1. The summed E-state index contributed by atoms with van der Waals surface area (Å²) in [5.41, 5.74) is 0.726. The van der Waals surface area contributed by atoms with E-state index in [1.165, 1.54) is 32.4 Å². The first-order chi connectivity index (χ1) is 10.7. The van der Waals surface area contributed by atoms with Gasteiger partial charge in [0.05, 0.1) is 0 Å². The monoisotopic (exact) mass is 303 g/mol. The Morgan fingerprint density at radius 3 is 2.55 bits per heavy atom. The molecule has 0 saturated carbocycles. The van der Waals surface area contributed by atoms with Crippen LogP contribution in [-0.4, -0.2) is 49.1 Å². The molecule has 0 spiro atoms. The number of nitrogens with one attached hydrogen (secondary N) is 2. The highest BCUT2D eigenvalue weighted by Gasteiger charge is 2.21. The molecule has 1 saturated heterocycles. The van der Waals surface area contributed by atoms with E-state index in [9.17, 15) is 4.79 Å². The molecule has 2 rings (SSSR count). The lowest BCUT2D eigenvalue weighted by atomic mass is 10.0. The van der Waals surface area contributed by atoms with Crippen molar-refractivity contribution in [2.45, 2.75) is 45.2 Å². The highest BCUT2D eigenvalue weighted by molar-refractivity contribution is 5.94. The number of hydrogen-bond acceptors (Lipinski definition) is 3. The molecule has 1 heterocycles. The van der Waals surface area contributed by atoms with Gasteiger partial charge in [0.25, 0.3) is 5.91 Å². The van der Waals surface area contributed by atoms with E-state index in [0.29, 0.717) is 18.6 Å². The number of rotatable bonds is 7. The average Bonchev–Trinajstić information content (AvgIpc) is 2.59. The molecular weight excluding hydrogens is 274 g/mol. The summed E-state index contributed by atoms with van der Waals surface area (Å²) in [7, 11) is 0. The van der Waals surface area contributed by atoms with E-state index in [0.717, 1.165) is 12.1 Å². The first kappa shape index (κ1) is 17.0. The number of nitrogens with zero attached hydrogens (tertiary/aromatic N) is 1. The summed E-state index contributed by atoms with van der Waals surface area (Å²) >= 11 is 0. The van der Waals surface area contributed by atoms with Gasteiger partial charge in [-0.2, -0.15) is 0 Å². The molecule has 1 amide bonds. The quantitative estimate of drug-likeness (QED) is 0.760. The zero-order valence-electron chi connectivity index (χ0n) is 13.8. The standard InChI is InChI=1S/C18H29N3O/c1-3-15(2)21-13-9-17(10-14-21)19-11-12-20-18(22)16-7-5-4-6-8-16/h4-8,15,17,19H,3,9-14H2,1-2H3,(H,20,22). The van der Waals surface area contributed by atoms with E-state index in [4.69, 9.17) is 0 Å². The van der Waals surface area contributed by atoms with Crippen molar-refractivity contribution in [3.05, 3.63) is 35.9 Å². The zero-order chi connectivity index (χ0) is 15.8. The number of likely N-dealkylation sites (tertiary alicyclic amines) is 1. The van der Waals surface area contributed by atoms with Gasteiger partial charge in [0.2, 0.25) is 0 Å². The van der Waals surface area contributed by atoms with Crippen molar-refractivity contribution in [1.29, 1.82) is 0 Å². The molecule has 4 heteroatoms. The maximum Gasteiger partial charge on any atom is 0.251 e. The predicted molar refractivity (Wildman–Crippen MR) is 91.1 cm³/mol. The molecule has 1 unspecified atom stereocenters. The van der Waals surface area contributed by atoms with Gasteiger partial charge in [0.15, 0.2) is 0 Å². The molecule has 2 N–H and O–H groups in total. The molecule has 1 aliphatic heterocycles. The van der Waals surface area contributed by atoms with Crippen molar-refractivity contribution in [3.8, 4) is 0 Å². The van der Waals surface area contributed by atoms with Crippen LogP contribution in [0, 0.1) is 0 Å². The van der Waals surface area contributed by atoms with Crippen LogP contribution in [0.15, 0.2) is 30.3 Å². The van der Waals surface area contributed by atoms with Gasteiger partial charge in [0, 0.05) is 30.7 Å². The molecule has 0 bridgehead atoms. The van der Waals surface area contributed by atoms with E-state index in [1.807, 2.05) is 30.3 Å². The number of amides is 1. The highest BCUT2D eigenvalue weighted by atomic mass is 16.1. The third-order valence-corrected chi connectivity index (χ3v) is 4.62.